The zero-order chi connectivity index (χ0) is 21.3. The minimum Gasteiger partial charge on any atom is -0.490 e. The maximum atomic E-state index is 14.2. The van der Waals surface area contributed by atoms with Crippen LogP contribution in [0.1, 0.15) is 56.3 Å². The first-order valence-electron chi connectivity index (χ1n) is 10.7. The van der Waals surface area contributed by atoms with Crippen molar-refractivity contribution in [3.63, 3.8) is 0 Å². The fourth-order valence-corrected chi connectivity index (χ4v) is 3.59. The fourth-order valence-electron chi connectivity index (χ4n) is 3.59. The predicted octanol–water partition coefficient (Wildman–Crippen LogP) is 6.77. The molecule has 162 valence electrons. The third-order valence-electron chi connectivity index (χ3n) is 5.37. The van der Waals surface area contributed by atoms with Crippen LogP contribution in [-0.4, -0.2) is 13.2 Å². The monoisotopic (exact) mass is 416 g/mol. The molecule has 30 heavy (non-hydrogen) atoms. The lowest BCUT2D eigenvalue weighted by Crippen LogP contribution is -2.20. The summed E-state index contributed by atoms with van der Waals surface area (Å²) >= 11 is 0. The van der Waals surface area contributed by atoms with E-state index in [9.17, 15) is 8.78 Å². The van der Waals surface area contributed by atoms with Crippen LogP contribution in [-0.2, 0) is 11.3 Å². The highest BCUT2D eigenvalue weighted by Crippen LogP contribution is 2.33. The third kappa shape index (κ3) is 5.82. The van der Waals surface area contributed by atoms with Crippen LogP contribution in [0.4, 0.5) is 8.78 Å². The van der Waals surface area contributed by atoms with Crippen molar-refractivity contribution < 1.29 is 23.0 Å². The summed E-state index contributed by atoms with van der Waals surface area (Å²) in [6.07, 6.45) is 7.13. The van der Waals surface area contributed by atoms with Gasteiger partial charge >= 0.3 is 0 Å². The van der Waals surface area contributed by atoms with E-state index in [-0.39, 0.29) is 24.2 Å². The van der Waals surface area contributed by atoms with Crippen molar-refractivity contribution >= 4 is 0 Å². The molecule has 0 saturated carbocycles. The molecule has 5 heteroatoms. The molecule has 2 unspecified atom stereocenters. The van der Waals surface area contributed by atoms with Crippen molar-refractivity contribution in [2.45, 2.75) is 51.7 Å². The summed E-state index contributed by atoms with van der Waals surface area (Å²) in [5, 5.41) is 0. The second kappa shape index (κ2) is 11.1. The molecule has 1 fully saturated rings. The van der Waals surface area contributed by atoms with Crippen molar-refractivity contribution in [3.05, 3.63) is 71.8 Å². The number of rotatable bonds is 10. The van der Waals surface area contributed by atoms with Crippen molar-refractivity contribution in [3.8, 4) is 11.5 Å². The molecule has 2 aromatic carbocycles. The molecule has 0 amide bonds. The smallest absolute Gasteiger partial charge is 0.204 e. The van der Waals surface area contributed by atoms with Crippen molar-refractivity contribution in [2.24, 2.45) is 5.92 Å². The van der Waals surface area contributed by atoms with Crippen LogP contribution in [0, 0.1) is 17.6 Å². The normalized spacial score (nSPS) is 18.8. The fraction of sp³-hybridized carbons (Fsp3) is 0.440. The summed E-state index contributed by atoms with van der Waals surface area (Å²) in [5.74, 6) is -1.65. The molecule has 0 bridgehead atoms. The second-order valence-electron chi connectivity index (χ2n) is 7.70. The van der Waals surface area contributed by atoms with Crippen LogP contribution >= 0.6 is 0 Å². The Labute approximate surface area is 177 Å². The van der Waals surface area contributed by atoms with E-state index in [0.717, 1.165) is 49.8 Å². The van der Waals surface area contributed by atoms with Crippen molar-refractivity contribution in [1.82, 2.24) is 0 Å². The van der Waals surface area contributed by atoms with Gasteiger partial charge in [0.05, 0.1) is 19.3 Å². The Kier molecular flexibility index (Phi) is 8.26. The lowest BCUT2D eigenvalue weighted by molar-refractivity contribution is -0.0190. The maximum Gasteiger partial charge on any atom is 0.204 e. The van der Waals surface area contributed by atoms with Gasteiger partial charge in [-0.15, -0.1) is 6.58 Å². The molecule has 2 atom stereocenters. The van der Waals surface area contributed by atoms with Gasteiger partial charge in [0.2, 0.25) is 11.6 Å². The number of hydrogen-bond donors (Lipinski definition) is 0. The first kappa shape index (κ1) is 22.3. The molecule has 1 saturated heterocycles. The molecular weight excluding hydrogens is 386 g/mol. The molecule has 0 radical (unpaired) electrons. The van der Waals surface area contributed by atoms with Gasteiger partial charge in [-0.05, 0) is 61.3 Å². The summed E-state index contributed by atoms with van der Waals surface area (Å²) in [6, 6.07) is 10.7. The van der Waals surface area contributed by atoms with E-state index >= 15 is 0 Å². The Hall–Kier alpha value is -2.40. The van der Waals surface area contributed by atoms with Gasteiger partial charge in [-0.3, -0.25) is 0 Å². The van der Waals surface area contributed by atoms with Gasteiger partial charge in [0.1, 0.15) is 6.61 Å². The largest absolute Gasteiger partial charge is 0.490 e. The number of allylic oxidation sites excluding steroid dienone is 1. The van der Waals surface area contributed by atoms with Gasteiger partial charge < -0.3 is 14.2 Å². The molecule has 3 nitrogen and oxygen atoms in total. The first-order valence-corrected chi connectivity index (χ1v) is 10.7. The molecule has 1 aliphatic heterocycles. The Morgan fingerprint density at radius 1 is 1.03 bits per heavy atom. The van der Waals surface area contributed by atoms with E-state index in [1.807, 2.05) is 37.3 Å². The van der Waals surface area contributed by atoms with Crippen LogP contribution in [0.25, 0.3) is 0 Å². The SMILES string of the molecule is C=CCCC1CCC(c2ccc(COc3ccc(OCCC)c(F)c3F)cc2)OC1. The lowest BCUT2D eigenvalue weighted by Gasteiger charge is -2.29. The van der Waals surface area contributed by atoms with Crippen LogP contribution in [0.3, 0.4) is 0 Å². The predicted molar refractivity (Wildman–Crippen MR) is 114 cm³/mol. The first-order chi connectivity index (χ1) is 14.6. The zero-order valence-electron chi connectivity index (χ0n) is 17.5. The van der Waals surface area contributed by atoms with Crippen molar-refractivity contribution in [1.29, 1.82) is 0 Å². The topological polar surface area (TPSA) is 27.7 Å². The third-order valence-corrected chi connectivity index (χ3v) is 5.37. The van der Waals surface area contributed by atoms with Crippen LogP contribution in [0.15, 0.2) is 49.1 Å². The summed E-state index contributed by atoms with van der Waals surface area (Å²) in [5.41, 5.74) is 2.01. The summed E-state index contributed by atoms with van der Waals surface area (Å²) in [4.78, 5) is 0. The molecule has 0 N–H and O–H groups in total. The van der Waals surface area contributed by atoms with Crippen LogP contribution in [0.5, 0.6) is 11.5 Å². The van der Waals surface area contributed by atoms with Gasteiger partial charge in [-0.1, -0.05) is 37.3 Å². The molecular formula is C25H30F2O3. The van der Waals surface area contributed by atoms with E-state index in [0.29, 0.717) is 12.5 Å². The molecule has 3 rings (SSSR count). The Bertz CT molecular complexity index is 812. The average molecular weight is 417 g/mol. The van der Waals surface area contributed by atoms with Crippen LogP contribution < -0.4 is 9.47 Å². The summed E-state index contributed by atoms with van der Waals surface area (Å²) in [7, 11) is 0. The quantitative estimate of drug-likeness (QED) is 0.400. The minimum absolute atomic E-state index is 0.0923. The van der Waals surface area contributed by atoms with E-state index in [2.05, 4.69) is 6.58 Å². The number of halogens is 2. The molecule has 0 spiro atoms. The Morgan fingerprint density at radius 2 is 1.73 bits per heavy atom. The van der Waals surface area contributed by atoms with E-state index in [4.69, 9.17) is 14.2 Å². The summed E-state index contributed by atoms with van der Waals surface area (Å²) in [6.45, 7) is 6.95. The van der Waals surface area contributed by atoms with E-state index in [1.165, 1.54) is 12.1 Å². The van der Waals surface area contributed by atoms with Gasteiger partial charge in [-0.25, -0.2) is 0 Å². The van der Waals surface area contributed by atoms with E-state index < -0.39 is 11.6 Å². The lowest BCUT2D eigenvalue weighted by atomic mass is 9.91. The number of benzene rings is 2. The van der Waals surface area contributed by atoms with E-state index in [1.54, 1.807) is 0 Å². The Balaban J connectivity index is 1.53. The highest BCUT2D eigenvalue weighted by molar-refractivity contribution is 5.35. The Morgan fingerprint density at radius 3 is 2.33 bits per heavy atom. The van der Waals surface area contributed by atoms with Gasteiger partial charge in [0, 0.05) is 0 Å². The molecule has 0 aromatic heterocycles. The van der Waals surface area contributed by atoms with Crippen molar-refractivity contribution in [2.75, 3.05) is 13.2 Å². The van der Waals surface area contributed by atoms with Gasteiger partial charge in [-0.2, -0.15) is 8.78 Å². The van der Waals surface area contributed by atoms with Gasteiger partial charge in [0.25, 0.3) is 0 Å². The number of ether oxygens (including phenoxy) is 3. The summed E-state index contributed by atoms with van der Waals surface area (Å²) < 4.78 is 45.0. The molecule has 2 aromatic rings. The zero-order valence-corrected chi connectivity index (χ0v) is 17.5. The maximum absolute atomic E-state index is 14.2. The molecule has 1 heterocycles. The van der Waals surface area contributed by atoms with Crippen LogP contribution in [0.2, 0.25) is 0 Å². The highest BCUT2D eigenvalue weighted by Gasteiger charge is 2.22. The standard InChI is InChI=1S/C25H30F2O3/c1-3-5-6-18-9-12-21(29-16-18)20-10-7-19(8-11-20)17-30-23-14-13-22(28-15-4-2)24(26)25(23)27/h3,7-8,10-11,13-14,18,21H,1,4-6,9,12,15-17H2,2H3. The molecule has 1 aliphatic rings. The minimum atomic E-state index is -1.03. The van der Waals surface area contributed by atoms with Gasteiger partial charge in [0.15, 0.2) is 11.5 Å². The highest BCUT2D eigenvalue weighted by atomic mass is 19.2. The second-order valence-corrected chi connectivity index (χ2v) is 7.70. The molecule has 0 aliphatic carbocycles. The average Bonchev–Trinajstić information content (AvgIpc) is 2.79. The number of hydrogen-bond acceptors (Lipinski definition) is 3.